The molecule has 3 fully saturated rings. The molecule has 0 aromatic rings. The van der Waals surface area contributed by atoms with Gasteiger partial charge in [0.25, 0.3) is 0 Å². The minimum Gasteiger partial charge on any atom is -0.392 e. The van der Waals surface area contributed by atoms with Crippen molar-refractivity contribution < 1.29 is 10.2 Å². The van der Waals surface area contributed by atoms with Gasteiger partial charge in [0.05, 0.1) is 12.2 Å². The number of rotatable bonds is 2. The van der Waals surface area contributed by atoms with Gasteiger partial charge < -0.3 is 10.2 Å². The van der Waals surface area contributed by atoms with Crippen LogP contribution in [0.5, 0.6) is 0 Å². The fraction of sp³-hybridized carbons (Fsp3) is 1.00. The molecule has 0 bridgehead atoms. The van der Waals surface area contributed by atoms with Crippen LogP contribution in [0.15, 0.2) is 0 Å². The second-order valence-corrected chi connectivity index (χ2v) is 8.09. The third kappa shape index (κ3) is 2.54. The van der Waals surface area contributed by atoms with Crippen molar-refractivity contribution in [3.8, 4) is 0 Å². The van der Waals surface area contributed by atoms with Gasteiger partial charge in [-0.05, 0) is 55.3 Å². The molecule has 0 amide bonds. The van der Waals surface area contributed by atoms with Gasteiger partial charge in [-0.3, -0.25) is 0 Å². The molecule has 3 saturated carbocycles. The highest BCUT2D eigenvalue weighted by molar-refractivity contribution is 4.99. The topological polar surface area (TPSA) is 40.5 Å². The standard InChI is InChI=1S/C18H32O2/c1-11(2)14-9-7-13-8-10-15(12-5-3-4-6-12)18(20)16(13)17(14)19/h11-20H,3-10H2,1-2H3/t13?,14-,15+,16?,17?,18?/m1/s1. The molecule has 4 unspecified atom stereocenters. The average molecular weight is 280 g/mol. The summed E-state index contributed by atoms with van der Waals surface area (Å²) in [6, 6.07) is 0. The lowest BCUT2D eigenvalue weighted by Crippen LogP contribution is -2.52. The summed E-state index contributed by atoms with van der Waals surface area (Å²) < 4.78 is 0. The average Bonchev–Trinajstić information content (AvgIpc) is 2.92. The Morgan fingerprint density at radius 2 is 1.40 bits per heavy atom. The maximum absolute atomic E-state index is 10.9. The third-order valence-electron chi connectivity index (χ3n) is 6.81. The molecule has 0 spiro atoms. The van der Waals surface area contributed by atoms with E-state index in [4.69, 9.17) is 0 Å². The number of aliphatic hydroxyl groups excluding tert-OH is 2. The predicted octanol–water partition coefficient (Wildman–Crippen LogP) is 3.61. The Kier molecular flexibility index (Phi) is 4.42. The largest absolute Gasteiger partial charge is 0.392 e. The minimum absolute atomic E-state index is 0.162. The lowest BCUT2D eigenvalue weighted by molar-refractivity contribution is -0.131. The van der Waals surface area contributed by atoms with E-state index in [0.717, 1.165) is 12.3 Å². The van der Waals surface area contributed by atoms with Crippen molar-refractivity contribution in [2.45, 2.75) is 77.4 Å². The number of hydrogen-bond donors (Lipinski definition) is 2. The molecular formula is C18H32O2. The molecule has 0 heterocycles. The van der Waals surface area contributed by atoms with Crippen LogP contribution in [0.4, 0.5) is 0 Å². The first kappa shape index (κ1) is 14.8. The highest BCUT2D eigenvalue weighted by atomic mass is 16.3. The van der Waals surface area contributed by atoms with Crippen molar-refractivity contribution in [3.63, 3.8) is 0 Å². The Bertz CT molecular complexity index is 321. The van der Waals surface area contributed by atoms with E-state index in [1.165, 1.54) is 44.9 Å². The summed E-state index contributed by atoms with van der Waals surface area (Å²) in [7, 11) is 0. The van der Waals surface area contributed by atoms with Crippen LogP contribution in [0.2, 0.25) is 0 Å². The molecule has 0 aliphatic heterocycles. The van der Waals surface area contributed by atoms with E-state index in [0.29, 0.717) is 23.7 Å². The Labute approximate surface area is 124 Å². The number of hydrogen-bond acceptors (Lipinski definition) is 2. The summed E-state index contributed by atoms with van der Waals surface area (Å²) in [5, 5.41) is 21.7. The predicted molar refractivity (Wildman–Crippen MR) is 81.2 cm³/mol. The van der Waals surface area contributed by atoms with Gasteiger partial charge in [0, 0.05) is 5.92 Å². The van der Waals surface area contributed by atoms with Crippen molar-refractivity contribution in [2.24, 2.45) is 35.5 Å². The highest BCUT2D eigenvalue weighted by Gasteiger charge is 2.49. The van der Waals surface area contributed by atoms with Crippen molar-refractivity contribution in [2.75, 3.05) is 0 Å². The summed E-state index contributed by atoms with van der Waals surface area (Å²) in [6.07, 6.45) is 9.61. The number of aliphatic hydroxyl groups is 2. The Balaban J connectivity index is 1.74. The van der Waals surface area contributed by atoms with Crippen LogP contribution >= 0.6 is 0 Å². The first-order valence-corrected chi connectivity index (χ1v) is 8.95. The lowest BCUT2D eigenvalue weighted by Gasteiger charge is -2.50. The monoisotopic (exact) mass is 280 g/mol. The smallest absolute Gasteiger partial charge is 0.0626 e. The SMILES string of the molecule is CC(C)[C@H]1CCC2CC[C@@H](C3CCCC3)C(O)C2C1O. The molecule has 0 radical (unpaired) electrons. The quantitative estimate of drug-likeness (QED) is 0.811. The van der Waals surface area contributed by atoms with E-state index in [9.17, 15) is 10.2 Å². The van der Waals surface area contributed by atoms with Crippen LogP contribution in [0.1, 0.15) is 65.2 Å². The van der Waals surface area contributed by atoms with E-state index in [1.54, 1.807) is 0 Å². The normalized spacial score (nSPS) is 46.6. The van der Waals surface area contributed by atoms with Gasteiger partial charge in [-0.15, -0.1) is 0 Å². The molecule has 2 heteroatoms. The summed E-state index contributed by atoms with van der Waals surface area (Å²) in [6.45, 7) is 4.44. The molecule has 20 heavy (non-hydrogen) atoms. The van der Waals surface area contributed by atoms with Gasteiger partial charge in [-0.1, -0.05) is 39.5 Å². The van der Waals surface area contributed by atoms with E-state index in [2.05, 4.69) is 13.8 Å². The van der Waals surface area contributed by atoms with Gasteiger partial charge in [-0.25, -0.2) is 0 Å². The summed E-state index contributed by atoms with van der Waals surface area (Å²) in [4.78, 5) is 0. The van der Waals surface area contributed by atoms with Crippen LogP contribution in [-0.4, -0.2) is 22.4 Å². The van der Waals surface area contributed by atoms with Gasteiger partial charge in [0.15, 0.2) is 0 Å². The van der Waals surface area contributed by atoms with Crippen LogP contribution in [0.3, 0.4) is 0 Å². The molecule has 3 rings (SSSR count). The second-order valence-electron chi connectivity index (χ2n) is 8.09. The third-order valence-corrected chi connectivity index (χ3v) is 6.81. The van der Waals surface area contributed by atoms with Gasteiger partial charge in [-0.2, -0.15) is 0 Å². The summed E-state index contributed by atoms with van der Waals surface area (Å²) >= 11 is 0. The van der Waals surface area contributed by atoms with E-state index >= 15 is 0 Å². The summed E-state index contributed by atoms with van der Waals surface area (Å²) in [5.74, 6) is 2.87. The van der Waals surface area contributed by atoms with Crippen LogP contribution in [0.25, 0.3) is 0 Å². The first-order valence-electron chi connectivity index (χ1n) is 8.95. The molecule has 2 nitrogen and oxygen atoms in total. The highest BCUT2D eigenvalue weighted by Crippen LogP contribution is 2.50. The second kappa shape index (κ2) is 5.96. The zero-order valence-electron chi connectivity index (χ0n) is 13.2. The zero-order valence-corrected chi connectivity index (χ0v) is 13.2. The fourth-order valence-electron chi connectivity index (χ4n) is 5.64. The Hall–Kier alpha value is -0.0800. The zero-order chi connectivity index (χ0) is 14.3. The molecule has 0 aromatic heterocycles. The molecule has 3 aliphatic rings. The van der Waals surface area contributed by atoms with Gasteiger partial charge >= 0.3 is 0 Å². The fourth-order valence-corrected chi connectivity index (χ4v) is 5.64. The Morgan fingerprint density at radius 3 is 2.05 bits per heavy atom. The first-order chi connectivity index (χ1) is 9.59. The summed E-state index contributed by atoms with van der Waals surface area (Å²) in [5.41, 5.74) is 0. The lowest BCUT2D eigenvalue weighted by atomic mass is 9.58. The van der Waals surface area contributed by atoms with Crippen molar-refractivity contribution >= 4 is 0 Å². The molecule has 3 aliphatic carbocycles. The van der Waals surface area contributed by atoms with Crippen LogP contribution in [-0.2, 0) is 0 Å². The molecule has 0 aromatic carbocycles. The number of fused-ring (bicyclic) bond motifs is 1. The van der Waals surface area contributed by atoms with Gasteiger partial charge in [0.2, 0.25) is 0 Å². The van der Waals surface area contributed by atoms with E-state index < -0.39 is 0 Å². The molecular weight excluding hydrogens is 248 g/mol. The molecule has 2 N–H and O–H groups in total. The van der Waals surface area contributed by atoms with Crippen molar-refractivity contribution in [1.82, 2.24) is 0 Å². The minimum atomic E-state index is -0.270. The molecule has 6 atom stereocenters. The molecule has 116 valence electrons. The molecule has 0 saturated heterocycles. The Morgan fingerprint density at radius 1 is 0.750 bits per heavy atom. The van der Waals surface area contributed by atoms with E-state index in [-0.39, 0.29) is 18.1 Å². The van der Waals surface area contributed by atoms with Crippen LogP contribution in [0, 0.1) is 35.5 Å². The van der Waals surface area contributed by atoms with Crippen molar-refractivity contribution in [3.05, 3.63) is 0 Å². The van der Waals surface area contributed by atoms with Crippen LogP contribution < -0.4 is 0 Å². The maximum Gasteiger partial charge on any atom is 0.0626 e. The van der Waals surface area contributed by atoms with Crippen molar-refractivity contribution in [1.29, 1.82) is 0 Å². The van der Waals surface area contributed by atoms with E-state index in [1.807, 2.05) is 0 Å². The maximum atomic E-state index is 10.9. The van der Waals surface area contributed by atoms with Gasteiger partial charge in [0.1, 0.15) is 0 Å².